The molecule has 1 fully saturated rings. The second kappa shape index (κ2) is 8.17. The Morgan fingerprint density at radius 2 is 2.00 bits per heavy atom. The van der Waals surface area contributed by atoms with Crippen molar-refractivity contribution in [2.24, 2.45) is 0 Å². The van der Waals surface area contributed by atoms with Crippen LogP contribution in [0, 0.1) is 6.92 Å². The van der Waals surface area contributed by atoms with Crippen molar-refractivity contribution in [3.63, 3.8) is 0 Å². The van der Waals surface area contributed by atoms with Gasteiger partial charge in [-0.3, -0.25) is 9.69 Å². The maximum atomic E-state index is 12.3. The molecule has 1 amide bonds. The molecule has 3 rings (SSSR count). The average Bonchev–Trinajstić information content (AvgIpc) is 2.60. The molecule has 1 aromatic carbocycles. The van der Waals surface area contributed by atoms with E-state index in [1.54, 1.807) is 6.20 Å². The number of aryl methyl sites for hydroxylation is 1. The second-order valence-corrected chi connectivity index (χ2v) is 7.40. The fourth-order valence-electron chi connectivity index (χ4n) is 2.82. The maximum Gasteiger partial charge on any atom is 0.238 e. The van der Waals surface area contributed by atoms with Crippen LogP contribution in [0.5, 0.6) is 0 Å². The minimum atomic E-state index is 0.0137. The van der Waals surface area contributed by atoms with E-state index in [-0.39, 0.29) is 5.91 Å². The van der Waals surface area contributed by atoms with Crippen LogP contribution >= 0.6 is 27.5 Å². The van der Waals surface area contributed by atoms with Gasteiger partial charge in [0, 0.05) is 42.5 Å². The minimum absolute atomic E-state index is 0.0137. The number of rotatable bonds is 4. The van der Waals surface area contributed by atoms with Crippen LogP contribution in [0.25, 0.3) is 0 Å². The first-order chi connectivity index (χ1) is 12.0. The van der Waals surface area contributed by atoms with Crippen LogP contribution in [0.4, 0.5) is 11.5 Å². The molecule has 1 aromatic heterocycles. The fourth-order valence-corrected chi connectivity index (χ4v) is 3.17. The van der Waals surface area contributed by atoms with Gasteiger partial charge in [-0.1, -0.05) is 27.5 Å². The van der Waals surface area contributed by atoms with Crippen molar-refractivity contribution in [1.29, 1.82) is 0 Å². The Labute approximate surface area is 161 Å². The van der Waals surface area contributed by atoms with Gasteiger partial charge < -0.3 is 10.2 Å². The van der Waals surface area contributed by atoms with E-state index >= 15 is 0 Å². The van der Waals surface area contributed by atoms with Crippen LogP contribution in [0.2, 0.25) is 5.02 Å². The summed E-state index contributed by atoms with van der Waals surface area (Å²) in [6.45, 7) is 5.76. The van der Waals surface area contributed by atoms with E-state index in [2.05, 4.69) is 36.0 Å². The van der Waals surface area contributed by atoms with E-state index < -0.39 is 0 Å². The quantitative estimate of drug-likeness (QED) is 0.817. The van der Waals surface area contributed by atoms with Gasteiger partial charge in [-0.2, -0.15) is 0 Å². The summed E-state index contributed by atoms with van der Waals surface area (Å²) in [5.74, 6) is 0.943. The van der Waals surface area contributed by atoms with Gasteiger partial charge in [0.05, 0.1) is 11.6 Å². The van der Waals surface area contributed by atoms with Gasteiger partial charge in [0.25, 0.3) is 0 Å². The molecule has 0 bridgehead atoms. The second-order valence-electron chi connectivity index (χ2n) is 6.11. The standard InChI is InChI=1S/C18H20BrClN4O/c1-13-10-15(3-4-16(13)19)22-18(25)12-23-6-8-24(9-7-23)17-5-2-14(20)11-21-17/h2-5,10-11H,6-9,12H2,1H3,(H,22,25). The number of amides is 1. The molecule has 7 heteroatoms. The Kier molecular flexibility index (Phi) is 5.93. The van der Waals surface area contributed by atoms with Crippen molar-refractivity contribution in [2.45, 2.75) is 6.92 Å². The Balaban J connectivity index is 1.49. The fraction of sp³-hybridized carbons (Fsp3) is 0.333. The van der Waals surface area contributed by atoms with Crippen molar-refractivity contribution in [3.05, 3.63) is 51.6 Å². The third-order valence-electron chi connectivity index (χ3n) is 4.22. The topological polar surface area (TPSA) is 48.5 Å². The predicted molar refractivity (Wildman–Crippen MR) is 105 cm³/mol. The first-order valence-corrected chi connectivity index (χ1v) is 9.33. The van der Waals surface area contributed by atoms with Crippen LogP contribution in [-0.2, 0) is 4.79 Å². The molecular formula is C18H20BrClN4O. The zero-order valence-electron chi connectivity index (χ0n) is 14.0. The Morgan fingerprint density at radius 3 is 2.64 bits per heavy atom. The van der Waals surface area contributed by atoms with E-state index in [0.29, 0.717) is 11.6 Å². The molecule has 132 valence electrons. The summed E-state index contributed by atoms with van der Waals surface area (Å²) in [5, 5.41) is 3.61. The molecule has 5 nitrogen and oxygen atoms in total. The van der Waals surface area contributed by atoms with Crippen LogP contribution in [-0.4, -0.2) is 48.5 Å². The smallest absolute Gasteiger partial charge is 0.238 e. The third kappa shape index (κ3) is 4.93. The normalized spacial score (nSPS) is 15.2. The van der Waals surface area contributed by atoms with Gasteiger partial charge in [-0.25, -0.2) is 4.98 Å². The Hall–Kier alpha value is -1.63. The van der Waals surface area contributed by atoms with Gasteiger partial charge in [0.2, 0.25) is 5.91 Å². The van der Waals surface area contributed by atoms with Crippen molar-refractivity contribution < 1.29 is 4.79 Å². The largest absolute Gasteiger partial charge is 0.354 e. The zero-order chi connectivity index (χ0) is 17.8. The predicted octanol–water partition coefficient (Wildman–Crippen LogP) is 3.57. The highest BCUT2D eigenvalue weighted by Crippen LogP contribution is 2.20. The van der Waals surface area contributed by atoms with Crippen LogP contribution in [0.1, 0.15) is 5.56 Å². The highest BCUT2D eigenvalue weighted by atomic mass is 79.9. The number of nitrogens with one attached hydrogen (secondary N) is 1. The molecule has 2 heterocycles. The van der Waals surface area contributed by atoms with Gasteiger partial charge in [-0.15, -0.1) is 0 Å². The summed E-state index contributed by atoms with van der Waals surface area (Å²) in [4.78, 5) is 21.0. The molecular weight excluding hydrogens is 404 g/mol. The van der Waals surface area contributed by atoms with Gasteiger partial charge in [0.15, 0.2) is 0 Å². The van der Waals surface area contributed by atoms with Crippen molar-refractivity contribution in [1.82, 2.24) is 9.88 Å². The molecule has 0 radical (unpaired) electrons. The summed E-state index contributed by atoms with van der Waals surface area (Å²) >= 11 is 9.35. The average molecular weight is 424 g/mol. The number of nitrogens with zero attached hydrogens (tertiary/aromatic N) is 3. The SMILES string of the molecule is Cc1cc(NC(=O)CN2CCN(c3ccc(Cl)cn3)CC2)ccc1Br. The van der Waals surface area contributed by atoms with E-state index in [9.17, 15) is 4.79 Å². The van der Waals surface area contributed by atoms with Gasteiger partial charge in [-0.05, 0) is 42.8 Å². The summed E-state index contributed by atoms with van der Waals surface area (Å²) in [7, 11) is 0. The maximum absolute atomic E-state index is 12.3. The molecule has 0 unspecified atom stereocenters. The number of pyridine rings is 1. The molecule has 1 aliphatic rings. The summed E-state index contributed by atoms with van der Waals surface area (Å²) in [6.07, 6.45) is 1.66. The Morgan fingerprint density at radius 1 is 1.24 bits per heavy atom. The lowest BCUT2D eigenvalue weighted by Crippen LogP contribution is -2.48. The van der Waals surface area contributed by atoms with Crippen molar-refractivity contribution >= 4 is 44.9 Å². The third-order valence-corrected chi connectivity index (χ3v) is 5.33. The van der Waals surface area contributed by atoms with Crippen molar-refractivity contribution in [3.8, 4) is 0 Å². The van der Waals surface area contributed by atoms with Crippen molar-refractivity contribution in [2.75, 3.05) is 42.9 Å². The molecule has 2 aromatic rings. The molecule has 0 aliphatic carbocycles. The summed E-state index contributed by atoms with van der Waals surface area (Å²) in [6, 6.07) is 9.60. The number of hydrogen-bond donors (Lipinski definition) is 1. The van der Waals surface area contributed by atoms with Crippen LogP contribution in [0.15, 0.2) is 41.0 Å². The minimum Gasteiger partial charge on any atom is -0.354 e. The number of hydrogen-bond acceptors (Lipinski definition) is 4. The molecule has 1 aliphatic heterocycles. The number of piperazine rings is 1. The number of carbonyl (C=O) groups excluding carboxylic acids is 1. The van der Waals surface area contributed by atoms with E-state index in [1.165, 1.54) is 0 Å². The number of aromatic nitrogens is 1. The van der Waals surface area contributed by atoms with E-state index in [4.69, 9.17) is 11.6 Å². The summed E-state index contributed by atoms with van der Waals surface area (Å²) < 4.78 is 1.04. The van der Waals surface area contributed by atoms with E-state index in [1.807, 2.05) is 37.3 Å². The zero-order valence-corrected chi connectivity index (χ0v) is 16.3. The molecule has 1 saturated heterocycles. The molecule has 1 N–H and O–H groups in total. The first-order valence-electron chi connectivity index (χ1n) is 8.16. The molecule has 25 heavy (non-hydrogen) atoms. The highest BCUT2D eigenvalue weighted by Gasteiger charge is 2.20. The lowest BCUT2D eigenvalue weighted by atomic mass is 10.2. The van der Waals surface area contributed by atoms with Crippen LogP contribution < -0.4 is 10.2 Å². The number of anilines is 2. The lowest BCUT2D eigenvalue weighted by Gasteiger charge is -2.35. The molecule has 0 spiro atoms. The lowest BCUT2D eigenvalue weighted by molar-refractivity contribution is -0.117. The molecule has 0 saturated carbocycles. The molecule has 0 atom stereocenters. The summed E-state index contributed by atoms with van der Waals surface area (Å²) in [5.41, 5.74) is 1.93. The first kappa shape index (κ1) is 18.2. The Bertz CT molecular complexity index is 745. The van der Waals surface area contributed by atoms with E-state index in [0.717, 1.165) is 47.7 Å². The number of halogens is 2. The number of benzene rings is 1. The van der Waals surface area contributed by atoms with Gasteiger partial charge >= 0.3 is 0 Å². The monoisotopic (exact) mass is 422 g/mol. The van der Waals surface area contributed by atoms with Crippen LogP contribution in [0.3, 0.4) is 0 Å². The highest BCUT2D eigenvalue weighted by molar-refractivity contribution is 9.10. The van der Waals surface area contributed by atoms with Gasteiger partial charge in [0.1, 0.15) is 5.82 Å². The number of carbonyl (C=O) groups is 1.